The average molecular weight is 358 g/mol. The van der Waals surface area contributed by atoms with Gasteiger partial charge in [0.1, 0.15) is 24.9 Å². The quantitative estimate of drug-likeness (QED) is 0.462. The van der Waals surface area contributed by atoms with Crippen LogP contribution < -0.4 is 11.2 Å². The molecule has 0 aliphatic carbocycles. The first-order chi connectivity index (χ1) is 11.6. The number of aromatic nitrogens is 2. The molecule has 2 heterocycles. The Morgan fingerprint density at radius 1 is 1.32 bits per heavy atom. The second-order valence-corrected chi connectivity index (χ2v) is 6.88. The average Bonchev–Trinajstić information content (AvgIpc) is 2.81. The lowest BCUT2D eigenvalue weighted by Gasteiger charge is -2.19. The number of aliphatic hydroxyl groups excluding tert-OH is 3. The molecule has 1 aromatic heterocycles. The van der Waals surface area contributed by atoms with Crippen LogP contribution in [0.1, 0.15) is 32.6 Å². The van der Waals surface area contributed by atoms with Crippen LogP contribution in [0.4, 0.5) is 0 Å². The van der Waals surface area contributed by atoms with Crippen LogP contribution in [0.5, 0.6) is 0 Å². The van der Waals surface area contributed by atoms with Gasteiger partial charge in [0, 0.05) is 6.20 Å². The molecule has 0 radical (unpaired) electrons. The SMILES string of the molecule is CC(C)(C)C(=O)OCc1cn([C@@H]2O[C@H](CO)[C@@H](O)[C@H]2O)c(=O)[nH]c1=O. The monoisotopic (exact) mass is 358 g/mol. The van der Waals surface area contributed by atoms with E-state index in [-0.39, 0.29) is 12.2 Å². The Balaban J connectivity index is 2.28. The van der Waals surface area contributed by atoms with Crippen molar-refractivity contribution in [1.29, 1.82) is 0 Å². The molecule has 0 bridgehead atoms. The van der Waals surface area contributed by atoms with Gasteiger partial charge in [-0.1, -0.05) is 0 Å². The molecule has 140 valence electrons. The number of ether oxygens (including phenoxy) is 2. The highest BCUT2D eigenvalue weighted by molar-refractivity contribution is 5.75. The van der Waals surface area contributed by atoms with Crippen LogP contribution in [0.15, 0.2) is 15.8 Å². The van der Waals surface area contributed by atoms with Gasteiger partial charge in [-0.15, -0.1) is 0 Å². The molecule has 0 spiro atoms. The topological polar surface area (TPSA) is 151 Å². The highest BCUT2D eigenvalue weighted by Gasteiger charge is 2.43. The second kappa shape index (κ2) is 7.08. The Labute approximate surface area is 142 Å². The van der Waals surface area contributed by atoms with Crippen molar-refractivity contribution in [2.75, 3.05) is 6.61 Å². The van der Waals surface area contributed by atoms with Gasteiger partial charge >= 0.3 is 11.7 Å². The summed E-state index contributed by atoms with van der Waals surface area (Å²) in [7, 11) is 0. The predicted molar refractivity (Wildman–Crippen MR) is 83.6 cm³/mol. The van der Waals surface area contributed by atoms with Gasteiger partial charge in [-0.05, 0) is 20.8 Å². The Morgan fingerprint density at radius 2 is 1.96 bits per heavy atom. The largest absolute Gasteiger partial charge is 0.460 e. The van der Waals surface area contributed by atoms with E-state index in [2.05, 4.69) is 0 Å². The molecule has 1 saturated heterocycles. The Hall–Kier alpha value is -2.01. The van der Waals surface area contributed by atoms with Crippen molar-refractivity contribution < 1.29 is 29.6 Å². The van der Waals surface area contributed by atoms with Gasteiger partial charge in [-0.3, -0.25) is 19.1 Å². The van der Waals surface area contributed by atoms with Gasteiger partial charge in [-0.25, -0.2) is 4.79 Å². The standard InChI is InChI=1S/C15H22N2O8/c1-15(2,3)13(22)24-6-7-4-17(14(23)16-11(7)21)12-10(20)9(19)8(5-18)25-12/h4,8-10,12,18-20H,5-6H2,1-3H3,(H,16,21,23)/t8-,9-,10-,12-/m1/s1. The third-order valence-corrected chi connectivity index (χ3v) is 3.80. The fourth-order valence-electron chi connectivity index (χ4n) is 2.29. The maximum Gasteiger partial charge on any atom is 0.330 e. The van der Waals surface area contributed by atoms with Crippen LogP contribution in [0.25, 0.3) is 0 Å². The summed E-state index contributed by atoms with van der Waals surface area (Å²) in [6, 6.07) is 0. The first-order valence-corrected chi connectivity index (χ1v) is 7.70. The Bertz CT molecular complexity index is 747. The minimum Gasteiger partial charge on any atom is -0.460 e. The zero-order chi connectivity index (χ0) is 18.9. The number of carbonyl (C=O) groups is 1. The Morgan fingerprint density at radius 3 is 2.48 bits per heavy atom. The summed E-state index contributed by atoms with van der Waals surface area (Å²) in [4.78, 5) is 37.7. The number of carbonyl (C=O) groups excluding carboxylic acids is 1. The summed E-state index contributed by atoms with van der Waals surface area (Å²) in [5.41, 5.74) is -2.40. The Kier molecular flexibility index (Phi) is 5.47. The molecule has 4 atom stereocenters. The molecule has 1 fully saturated rings. The van der Waals surface area contributed by atoms with E-state index >= 15 is 0 Å². The van der Waals surface area contributed by atoms with E-state index in [4.69, 9.17) is 14.6 Å². The van der Waals surface area contributed by atoms with Crippen molar-refractivity contribution in [3.8, 4) is 0 Å². The molecule has 0 unspecified atom stereocenters. The summed E-state index contributed by atoms with van der Waals surface area (Å²) in [5, 5.41) is 28.9. The van der Waals surface area contributed by atoms with E-state index in [1.807, 2.05) is 4.98 Å². The van der Waals surface area contributed by atoms with Gasteiger partial charge in [0.25, 0.3) is 5.56 Å². The first kappa shape index (κ1) is 19.3. The smallest absolute Gasteiger partial charge is 0.330 e. The maximum absolute atomic E-state index is 12.0. The molecular formula is C15H22N2O8. The molecule has 2 rings (SSSR count). The van der Waals surface area contributed by atoms with Crippen LogP contribution in [0.2, 0.25) is 0 Å². The number of H-pyrrole nitrogens is 1. The number of hydrogen-bond donors (Lipinski definition) is 4. The zero-order valence-electron chi connectivity index (χ0n) is 14.1. The summed E-state index contributed by atoms with van der Waals surface area (Å²) >= 11 is 0. The van der Waals surface area contributed by atoms with Gasteiger partial charge in [0.2, 0.25) is 0 Å². The van der Waals surface area contributed by atoms with Crippen molar-refractivity contribution >= 4 is 5.97 Å². The van der Waals surface area contributed by atoms with E-state index in [9.17, 15) is 24.6 Å². The molecule has 10 nitrogen and oxygen atoms in total. The van der Waals surface area contributed by atoms with Crippen molar-refractivity contribution in [3.63, 3.8) is 0 Å². The van der Waals surface area contributed by atoms with E-state index in [0.717, 1.165) is 10.8 Å². The van der Waals surface area contributed by atoms with Crippen molar-refractivity contribution in [1.82, 2.24) is 9.55 Å². The molecule has 0 aromatic carbocycles. The molecule has 25 heavy (non-hydrogen) atoms. The third kappa shape index (κ3) is 3.98. The molecule has 0 saturated carbocycles. The summed E-state index contributed by atoms with van der Waals surface area (Å²) in [5.74, 6) is -0.530. The number of nitrogens with zero attached hydrogens (tertiary/aromatic N) is 1. The molecule has 0 amide bonds. The first-order valence-electron chi connectivity index (χ1n) is 7.70. The van der Waals surface area contributed by atoms with Crippen LogP contribution in [0.3, 0.4) is 0 Å². The van der Waals surface area contributed by atoms with E-state index in [1.54, 1.807) is 20.8 Å². The number of hydrogen-bond acceptors (Lipinski definition) is 8. The third-order valence-electron chi connectivity index (χ3n) is 3.80. The van der Waals surface area contributed by atoms with Crippen molar-refractivity contribution in [2.45, 2.75) is 51.9 Å². The maximum atomic E-state index is 12.0. The van der Waals surface area contributed by atoms with Gasteiger partial charge in [0.15, 0.2) is 6.23 Å². The van der Waals surface area contributed by atoms with Crippen LogP contribution >= 0.6 is 0 Å². The zero-order valence-corrected chi connectivity index (χ0v) is 14.1. The normalized spacial score (nSPS) is 26.6. The summed E-state index contributed by atoms with van der Waals surface area (Å²) in [6.07, 6.45) is -4.14. The van der Waals surface area contributed by atoms with Crippen LogP contribution in [0, 0.1) is 5.41 Å². The van der Waals surface area contributed by atoms with Gasteiger partial charge in [-0.2, -0.15) is 0 Å². The summed E-state index contributed by atoms with van der Waals surface area (Å²) < 4.78 is 11.2. The van der Waals surface area contributed by atoms with Gasteiger partial charge in [0.05, 0.1) is 17.6 Å². The molecule has 1 aliphatic heterocycles. The minimum atomic E-state index is -1.48. The molecule has 1 aliphatic rings. The van der Waals surface area contributed by atoms with E-state index in [0.29, 0.717) is 0 Å². The number of esters is 1. The fraction of sp³-hybridized carbons (Fsp3) is 0.667. The minimum absolute atomic E-state index is 0.0325. The number of aromatic amines is 1. The number of nitrogens with one attached hydrogen (secondary N) is 1. The van der Waals surface area contributed by atoms with Crippen LogP contribution in [-0.4, -0.2) is 55.8 Å². The van der Waals surface area contributed by atoms with Gasteiger partial charge < -0.3 is 24.8 Å². The van der Waals surface area contributed by atoms with Crippen molar-refractivity contribution in [3.05, 3.63) is 32.6 Å². The van der Waals surface area contributed by atoms with E-state index < -0.39 is 53.8 Å². The lowest BCUT2D eigenvalue weighted by atomic mass is 9.97. The molecular weight excluding hydrogens is 336 g/mol. The highest BCUT2D eigenvalue weighted by atomic mass is 16.6. The predicted octanol–water partition coefficient (Wildman–Crippen LogP) is -1.76. The summed E-state index contributed by atoms with van der Waals surface area (Å²) in [6.45, 7) is 4.03. The number of rotatable bonds is 4. The van der Waals surface area contributed by atoms with E-state index in [1.165, 1.54) is 0 Å². The van der Waals surface area contributed by atoms with Crippen molar-refractivity contribution in [2.24, 2.45) is 5.41 Å². The fourth-order valence-corrected chi connectivity index (χ4v) is 2.29. The molecule has 4 N–H and O–H groups in total. The molecule has 1 aromatic rings. The lowest BCUT2D eigenvalue weighted by Crippen LogP contribution is -2.39. The number of aliphatic hydroxyl groups is 3. The molecule has 10 heteroatoms. The second-order valence-electron chi connectivity index (χ2n) is 6.88. The lowest BCUT2D eigenvalue weighted by molar-refractivity contribution is -0.154. The highest BCUT2D eigenvalue weighted by Crippen LogP contribution is 2.28. The van der Waals surface area contributed by atoms with Crippen LogP contribution in [-0.2, 0) is 20.9 Å².